The topological polar surface area (TPSA) is 93.2 Å². The van der Waals surface area contributed by atoms with Gasteiger partial charge in [-0.15, -0.1) is 0 Å². The van der Waals surface area contributed by atoms with Gasteiger partial charge in [-0.3, -0.25) is 0 Å². The molecule has 0 aromatic heterocycles. The van der Waals surface area contributed by atoms with Crippen LogP contribution < -0.4 is 4.74 Å². The van der Waals surface area contributed by atoms with Gasteiger partial charge in [-0.25, -0.2) is 25.6 Å². The zero-order valence-electron chi connectivity index (χ0n) is 17.6. The van der Waals surface area contributed by atoms with Crippen molar-refractivity contribution in [1.29, 1.82) is 0 Å². The van der Waals surface area contributed by atoms with Crippen molar-refractivity contribution in [3.63, 3.8) is 0 Å². The smallest absolute Gasteiger partial charge is 0.246 e. The maximum atomic E-state index is 14.0. The number of methoxy groups -OCH3 is 1. The minimum absolute atomic E-state index is 0.0648. The van der Waals surface area contributed by atoms with Gasteiger partial charge in [-0.05, 0) is 42.8 Å². The van der Waals surface area contributed by atoms with Crippen molar-refractivity contribution in [2.24, 2.45) is 0 Å². The standard InChI is InChI=1S/C20H24F2N2O6S2/c1-15-13-17(4-5-19(15)30-12-11-29-2)31(25,26)23-7-9-24(10-8-23)32(27,28)20-6-3-16(21)14-18(20)22/h3-6,13-14H,7-12H2,1-2H3. The highest BCUT2D eigenvalue weighted by Crippen LogP contribution is 2.26. The van der Waals surface area contributed by atoms with Gasteiger partial charge in [0.2, 0.25) is 20.0 Å². The van der Waals surface area contributed by atoms with Crippen LogP contribution in [0.4, 0.5) is 8.78 Å². The molecule has 3 rings (SSSR count). The Morgan fingerprint density at radius 3 is 2.06 bits per heavy atom. The first-order valence-electron chi connectivity index (χ1n) is 9.75. The minimum atomic E-state index is -4.22. The lowest BCUT2D eigenvalue weighted by Crippen LogP contribution is -2.50. The van der Waals surface area contributed by atoms with E-state index >= 15 is 0 Å². The van der Waals surface area contributed by atoms with Crippen LogP contribution in [0.15, 0.2) is 46.2 Å². The number of aryl methyl sites for hydroxylation is 1. The van der Waals surface area contributed by atoms with Crippen LogP contribution in [0.2, 0.25) is 0 Å². The third-order valence-electron chi connectivity index (χ3n) is 5.04. The summed E-state index contributed by atoms with van der Waals surface area (Å²) in [6, 6.07) is 6.72. The van der Waals surface area contributed by atoms with Gasteiger partial charge in [0.1, 0.15) is 28.9 Å². The maximum absolute atomic E-state index is 14.0. The molecule has 0 radical (unpaired) electrons. The summed E-state index contributed by atoms with van der Waals surface area (Å²) in [6.07, 6.45) is 0. The van der Waals surface area contributed by atoms with Crippen molar-refractivity contribution in [3.05, 3.63) is 53.6 Å². The van der Waals surface area contributed by atoms with Crippen molar-refractivity contribution < 1.29 is 35.1 Å². The number of hydrogen-bond donors (Lipinski definition) is 0. The molecule has 0 amide bonds. The third kappa shape index (κ3) is 5.09. The molecule has 0 atom stereocenters. The number of rotatable bonds is 8. The molecule has 1 aliphatic rings. The molecular weight excluding hydrogens is 466 g/mol. The summed E-state index contributed by atoms with van der Waals surface area (Å²) in [4.78, 5) is -0.579. The van der Waals surface area contributed by atoms with E-state index in [0.29, 0.717) is 30.6 Å². The molecule has 0 saturated carbocycles. The van der Waals surface area contributed by atoms with Gasteiger partial charge in [-0.2, -0.15) is 8.61 Å². The Kier molecular flexibility index (Phi) is 7.50. The molecule has 0 spiro atoms. The molecule has 0 aliphatic carbocycles. The predicted molar refractivity (Wildman–Crippen MR) is 112 cm³/mol. The monoisotopic (exact) mass is 490 g/mol. The molecule has 0 unspecified atom stereocenters. The van der Waals surface area contributed by atoms with E-state index < -0.39 is 36.6 Å². The van der Waals surface area contributed by atoms with E-state index in [1.54, 1.807) is 20.1 Å². The van der Waals surface area contributed by atoms with Crippen LogP contribution in [0.3, 0.4) is 0 Å². The van der Waals surface area contributed by atoms with Crippen LogP contribution in [0.1, 0.15) is 5.56 Å². The largest absolute Gasteiger partial charge is 0.491 e. The van der Waals surface area contributed by atoms with E-state index in [2.05, 4.69) is 0 Å². The minimum Gasteiger partial charge on any atom is -0.491 e. The molecule has 1 fully saturated rings. The van der Waals surface area contributed by atoms with Gasteiger partial charge in [0, 0.05) is 39.4 Å². The Hall–Kier alpha value is -2.12. The van der Waals surface area contributed by atoms with Gasteiger partial charge in [0.05, 0.1) is 11.5 Å². The second kappa shape index (κ2) is 9.79. The second-order valence-electron chi connectivity index (χ2n) is 7.15. The molecule has 2 aromatic carbocycles. The van der Waals surface area contributed by atoms with E-state index in [1.807, 2.05) is 0 Å². The van der Waals surface area contributed by atoms with E-state index in [1.165, 1.54) is 16.4 Å². The summed E-state index contributed by atoms with van der Waals surface area (Å²) >= 11 is 0. The van der Waals surface area contributed by atoms with Crippen LogP contribution in [0.5, 0.6) is 5.75 Å². The first kappa shape index (κ1) is 24.5. The highest BCUT2D eigenvalue weighted by molar-refractivity contribution is 7.89. The number of piperazine rings is 1. The average Bonchev–Trinajstić information content (AvgIpc) is 2.74. The number of ether oxygens (including phenoxy) is 2. The Morgan fingerprint density at radius 2 is 1.50 bits per heavy atom. The maximum Gasteiger partial charge on any atom is 0.246 e. The zero-order chi connectivity index (χ0) is 23.5. The Bertz CT molecular complexity index is 1180. The van der Waals surface area contributed by atoms with Crippen molar-refractivity contribution in [3.8, 4) is 5.75 Å². The summed E-state index contributed by atoms with van der Waals surface area (Å²) in [7, 11) is -6.54. The quantitative estimate of drug-likeness (QED) is 0.526. The van der Waals surface area contributed by atoms with Crippen LogP contribution in [0.25, 0.3) is 0 Å². The number of hydrogen-bond acceptors (Lipinski definition) is 6. The molecule has 176 valence electrons. The SMILES string of the molecule is COCCOc1ccc(S(=O)(=O)N2CCN(S(=O)(=O)c3ccc(F)cc3F)CC2)cc1C. The Labute approximate surface area is 186 Å². The molecule has 1 saturated heterocycles. The van der Waals surface area contributed by atoms with E-state index in [-0.39, 0.29) is 31.1 Å². The normalized spacial score (nSPS) is 16.2. The lowest BCUT2D eigenvalue weighted by Gasteiger charge is -2.33. The van der Waals surface area contributed by atoms with Crippen LogP contribution in [0, 0.1) is 18.6 Å². The first-order chi connectivity index (χ1) is 15.1. The summed E-state index contributed by atoms with van der Waals surface area (Å²) in [5.74, 6) is -1.54. The van der Waals surface area contributed by atoms with Crippen molar-refractivity contribution in [1.82, 2.24) is 8.61 Å². The third-order valence-corrected chi connectivity index (χ3v) is 8.87. The van der Waals surface area contributed by atoms with Crippen molar-refractivity contribution >= 4 is 20.0 Å². The second-order valence-corrected chi connectivity index (χ2v) is 11.0. The molecule has 1 heterocycles. The van der Waals surface area contributed by atoms with E-state index in [0.717, 1.165) is 16.4 Å². The summed E-state index contributed by atoms with van der Waals surface area (Å²) < 4.78 is 91.2. The number of benzene rings is 2. The van der Waals surface area contributed by atoms with Crippen molar-refractivity contribution in [2.45, 2.75) is 16.7 Å². The lowest BCUT2D eigenvalue weighted by atomic mass is 10.2. The zero-order valence-corrected chi connectivity index (χ0v) is 19.3. The van der Waals surface area contributed by atoms with Crippen LogP contribution in [-0.2, 0) is 24.8 Å². The van der Waals surface area contributed by atoms with Gasteiger partial charge in [-0.1, -0.05) is 0 Å². The molecule has 32 heavy (non-hydrogen) atoms. The average molecular weight is 491 g/mol. The highest BCUT2D eigenvalue weighted by Gasteiger charge is 2.35. The highest BCUT2D eigenvalue weighted by atomic mass is 32.2. The van der Waals surface area contributed by atoms with Crippen LogP contribution in [-0.4, -0.2) is 71.9 Å². The van der Waals surface area contributed by atoms with E-state index in [9.17, 15) is 25.6 Å². The van der Waals surface area contributed by atoms with Crippen molar-refractivity contribution in [2.75, 3.05) is 46.5 Å². The molecule has 0 N–H and O–H groups in total. The van der Waals surface area contributed by atoms with E-state index in [4.69, 9.17) is 9.47 Å². The van der Waals surface area contributed by atoms with Gasteiger partial charge >= 0.3 is 0 Å². The van der Waals surface area contributed by atoms with Gasteiger partial charge in [0.25, 0.3) is 0 Å². The molecule has 8 nitrogen and oxygen atoms in total. The fourth-order valence-corrected chi connectivity index (χ4v) is 6.28. The lowest BCUT2D eigenvalue weighted by molar-refractivity contribution is 0.146. The van der Waals surface area contributed by atoms with Gasteiger partial charge < -0.3 is 9.47 Å². The summed E-state index contributed by atoms with van der Waals surface area (Å²) in [6.45, 7) is 1.93. The first-order valence-corrected chi connectivity index (χ1v) is 12.6. The molecule has 2 aromatic rings. The number of halogens is 2. The fourth-order valence-electron chi connectivity index (χ4n) is 3.30. The van der Waals surface area contributed by atoms with Crippen LogP contribution >= 0.6 is 0 Å². The number of sulfonamides is 2. The Balaban J connectivity index is 1.72. The fraction of sp³-hybridized carbons (Fsp3) is 0.400. The summed E-state index contributed by atoms with van der Waals surface area (Å²) in [5.41, 5.74) is 0.634. The predicted octanol–water partition coefficient (Wildman–Crippen LogP) is 1.99. The molecule has 0 bridgehead atoms. The molecule has 1 aliphatic heterocycles. The molecule has 12 heteroatoms. The summed E-state index contributed by atoms with van der Waals surface area (Å²) in [5, 5.41) is 0. The number of nitrogens with zero attached hydrogens (tertiary/aromatic N) is 2. The van der Waals surface area contributed by atoms with Gasteiger partial charge in [0.15, 0.2) is 0 Å². The molecular formula is C20H24F2N2O6S2. The Morgan fingerprint density at radius 1 is 0.875 bits per heavy atom.